The van der Waals surface area contributed by atoms with Crippen LogP contribution in [0.3, 0.4) is 0 Å². The number of aromatic nitrogens is 2. The predicted octanol–water partition coefficient (Wildman–Crippen LogP) is 1.91. The molecule has 3 rings (SSSR count). The minimum atomic E-state index is -0.461. The molecule has 0 fully saturated rings. The summed E-state index contributed by atoms with van der Waals surface area (Å²) in [6, 6.07) is 12.1. The Bertz CT molecular complexity index is 874. The first-order chi connectivity index (χ1) is 9.56. The molecule has 5 nitrogen and oxygen atoms in total. The number of rotatable bonds is 1. The first-order valence-electron chi connectivity index (χ1n) is 6.18. The van der Waals surface area contributed by atoms with Crippen LogP contribution in [0.2, 0.25) is 0 Å². The first kappa shape index (κ1) is 12.2. The maximum Gasteiger partial charge on any atom is 0.333 e. The zero-order valence-electron chi connectivity index (χ0n) is 10.9. The lowest BCUT2D eigenvalue weighted by Crippen LogP contribution is -2.24. The van der Waals surface area contributed by atoms with Gasteiger partial charge in [-0.3, -0.25) is 4.79 Å². The van der Waals surface area contributed by atoms with Crippen molar-refractivity contribution in [2.45, 2.75) is 6.92 Å². The highest BCUT2D eigenvalue weighted by molar-refractivity contribution is 6.01. The van der Waals surface area contributed by atoms with Crippen LogP contribution in [0.25, 0.3) is 11.0 Å². The Morgan fingerprint density at radius 3 is 2.75 bits per heavy atom. The van der Waals surface area contributed by atoms with Crippen LogP contribution >= 0.6 is 0 Å². The molecule has 0 amide bonds. The summed E-state index contributed by atoms with van der Waals surface area (Å²) in [6.45, 7) is 1.90. The fourth-order valence-corrected chi connectivity index (χ4v) is 2.24. The van der Waals surface area contributed by atoms with Gasteiger partial charge in [-0.1, -0.05) is 17.7 Å². The summed E-state index contributed by atoms with van der Waals surface area (Å²) < 4.78 is 1.13. The molecule has 0 aliphatic heterocycles. The molecule has 0 aliphatic carbocycles. The summed E-state index contributed by atoms with van der Waals surface area (Å²) in [5.41, 5.74) is 8.27. The van der Waals surface area contributed by atoms with Crippen molar-refractivity contribution >= 4 is 22.6 Å². The number of hydrogen-bond acceptors (Lipinski definition) is 3. The van der Waals surface area contributed by atoms with Crippen LogP contribution in [0.5, 0.6) is 0 Å². The minimum Gasteiger partial charge on any atom is -0.399 e. The average molecular weight is 267 g/mol. The standard InChI is InChI=1S/C15H13N3O2/c1-9-3-2-4-10(7-9)14(19)18-13-6-5-11(16)8-12(13)17-15(18)20/h2-8H,16H2,1H3,(H,17,20). The van der Waals surface area contributed by atoms with Crippen LogP contribution in [-0.2, 0) is 0 Å². The summed E-state index contributed by atoms with van der Waals surface area (Å²) in [6.07, 6.45) is 0. The number of benzene rings is 2. The maximum absolute atomic E-state index is 12.5. The highest BCUT2D eigenvalue weighted by Gasteiger charge is 2.15. The van der Waals surface area contributed by atoms with Gasteiger partial charge in [0.25, 0.3) is 5.91 Å². The number of nitrogens with two attached hydrogens (primary N) is 1. The van der Waals surface area contributed by atoms with Crippen molar-refractivity contribution in [3.8, 4) is 0 Å². The molecule has 0 spiro atoms. The van der Waals surface area contributed by atoms with Gasteiger partial charge in [0.15, 0.2) is 0 Å². The van der Waals surface area contributed by atoms with E-state index in [1.54, 1.807) is 36.4 Å². The lowest BCUT2D eigenvalue weighted by Gasteiger charge is -2.03. The molecule has 0 saturated heterocycles. The van der Waals surface area contributed by atoms with Crippen molar-refractivity contribution in [3.63, 3.8) is 0 Å². The molecular formula is C15H13N3O2. The van der Waals surface area contributed by atoms with E-state index in [9.17, 15) is 9.59 Å². The minimum absolute atomic E-state index is 0.352. The van der Waals surface area contributed by atoms with Gasteiger partial charge in [-0.15, -0.1) is 0 Å². The molecule has 0 saturated carbocycles. The van der Waals surface area contributed by atoms with E-state index in [4.69, 9.17) is 5.73 Å². The van der Waals surface area contributed by atoms with E-state index >= 15 is 0 Å². The summed E-state index contributed by atoms with van der Waals surface area (Å²) in [4.78, 5) is 27.1. The third kappa shape index (κ3) is 1.89. The van der Waals surface area contributed by atoms with Crippen LogP contribution in [0, 0.1) is 6.92 Å². The quantitative estimate of drug-likeness (QED) is 0.661. The summed E-state index contributed by atoms with van der Waals surface area (Å²) in [5, 5.41) is 0. The van der Waals surface area contributed by atoms with Gasteiger partial charge in [0.05, 0.1) is 11.0 Å². The summed E-state index contributed by atoms with van der Waals surface area (Å²) in [5.74, 6) is -0.352. The van der Waals surface area contributed by atoms with E-state index in [-0.39, 0.29) is 5.91 Å². The van der Waals surface area contributed by atoms with Crippen LogP contribution in [-0.4, -0.2) is 15.5 Å². The Morgan fingerprint density at radius 1 is 1.20 bits per heavy atom. The van der Waals surface area contributed by atoms with Crippen molar-refractivity contribution in [1.29, 1.82) is 0 Å². The Hall–Kier alpha value is -2.82. The lowest BCUT2D eigenvalue weighted by molar-refractivity contribution is 0.0961. The highest BCUT2D eigenvalue weighted by Crippen LogP contribution is 2.15. The van der Waals surface area contributed by atoms with Crippen molar-refractivity contribution in [2.24, 2.45) is 0 Å². The van der Waals surface area contributed by atoms with Crippen LogP contribution in [0.1, 0.15) is 15.9 Å². The van der Waals surface area contributed by atoms with E-state index in [0.717, 1.165) is 10.1 Å². The maximum atomic E-state index is 12.5. The third-order valence-corrected chi connectivity index (χ3v) is 3.17. The van der Waals surface area contributed by atoms with Crippen LogP contribution < -0.4 is 11.4 Å². The van der Waals surface area contributed by atoms with Crippen molar-refractivity contribution in [3.05, 3.63) is 64.1 Å². The number of nitrogens with one attached hydrogen (secondary N) is 1. The van der Waals surface area contributed by atoms with E-state index in [1.165, 1.54) is 0 Å². The smallest absolute Gasteiger partial charge is 0.333 e. The first-order valence-corrected chi connectivity index (χ1v) is 6.18. The Labute approximate surface area is 114 Å². The fourth-order valence-electron chi connectivity index (χ4n) is 2.24. The number of carbonyl (C=O) groups is 1. The van der Waals surface area contributed by atoms with Gasteiger partial charge in [0, 0.05) is 11.3 Å². The molecule has 0 aliphatic rings. The molecule has 20 heavy (non-hydrogen) atoms. The molecule has 1 heterocycles. The average Bonchev–Trinajstić information content (AvgIpc) is 2.73. The highest BCUT2D eigenvalue weighted by atomic mass is 16.2. The zero-order chi connectivity index (χ0) is 14.3. The SMILES string of the molecule is Cc1cccc(C(=O)n2c(=O)[nH]c3cc(N)ccc32)c1. The number of carbonyl (C=O) groups excluding carboxylic acids is 1. The van der Waals surface area contributed by atoms with E-state index in [0.29, 0.717) is 22.3 Å². The van der Waals surface area contributed by atoms with Gasteiger partial charge in [-0.25, -0.2) is 9.36 Å². The van der Waals surface area contributed by atoms with Crippen molar-refractivity contribution in [2.75, 3.05) is 5.73 Å². The number of H-pyrrole nitrogens is 1. The molecule has 0 bridgehead atoms. The second-order valence-electron chi connectivity index (χ2n) is 4.72. The lowest BCUT2D eigenvalue weighted by atomic mass is 10.1. The number of nitrogens with zero attached hydrogens (tertiary/aromatic N) is 1. The molecule has 5 heteroatoms. The Kier molecular flexibility index (Phi) is 2.68. The van der Waals surface area contributed by atoms with Gasteiger partial charge in [0.2, 0.25) is 0 Å². The second kappa shape index (κ2) is 4.38. The normalized spacial score (nSPS) is 10.8. The predicted molar refractivity (Wildman–Crippen MR) is 77.9 cm³/mol. The van der Waals surface area contributed by atoms with Crippen LogP contribution in [0.4, 0.5) is 5.69 Å². The number of imidazole rings is 1. The summed E-state index contributed by atoms with van der Waals surface area (Å²) in [7, 11) is 0. The van der Waals surface area contributed by atoms with Gasteiger partial charge in [0.1, 0.15) is 0 Å². The number of nitrogen functional groups attached to an aromatic ring is 1. The topological polar surface area (TPSA) is 80.9 Å². The van der Waals surface area contributed by atoms with E-state index in [1.807, 2.05) is 13.0 Å². The molecule has 0 radical (unpaired) electrons. The fraction of sp³-hybridized carbons (Fsp3) is 0.0667. The molecule has 3 N–H and O–H groups in total. The summed E-state index contributed by atoms with van der Waals surface area (Å²) >= 11 is 0. The number of aromatic amines is 1. The van der Waals surface area contributed by atoms with E-state index in [2.05, 4.69) is 4.98 Å². The largest absolute Gasteiger partial charge is 0.399 e. The Morgan fingerprint density at radius 2 is 2.00 bits per heavy atom. The zero-order valence-corrected chi connectivity index (χ0v) is 10.9. The number of hydrogen-bond donors (Lipinski definition) is 2. The van der Waals surface area contributed by atoms with Gasteiger partial charge in [-0.05, 0) is 37.3 Å². The van der Waals surface area contributed by atoms with Crippen molar-refractivity contribution < 1.29 is 4.79 Å². The van der Waals surface area contributed by atoms with Crippen molar-refractivity contribution in [1.82, 2.24) is 9.55 Å². The van der Waals surface area contributed by atoms with Gasteiger partial charge < -0.3 is 10.7 Å². The van der Waals surface area contributed by atoms with E-state index < -0.39 is 5.69 Å². The third-order valence-electron chi connectivity index (χ3n) is 3.17. The molecule has 2 aromatic carbocycles. The molecule has 0 unspecified atom stereocenters. The molecule has 1 aromatic heterocycles. The molecule has 100 valence electrons. The molecule has 3 aromatic rings. The van der Waals surface area contributed by atoms with Gasteiger partial charge in [-0.2, -0.15) is 0 Å². The molecule has 0 atom stereocenters. The monoisotopic (exact) mass is 267 g/mol. The Balaban J connectivity index is 2.22. The molecular weight excluding hydrogens is 254 g/mol. The number of aryl methyl sites for hydroxylation is 1. The second-order valence-corrected chi connectivity index (χ2v) is 4.72. The van der Waals surface area contributed by atoms with Gasteiger partial charge >= 0.3 is 5.69 Å². The van der Waals surface area contributed by atoms with Crippen LogP contribution in [0.15, 0.2) is 47.3 Å². The number of fused-ring (bicyclic) bond motifs is 1. The number of anilines is 1.